The minimum absolute atomic E-state index is 0.284. The van der Waals surface area contributed by atoms with Gasteiger partial charge < -0.3 is 5.73 Å². The van der Waals surface area contributed by atoms with Crippen molar-refractivity contribution in [2.45, 2.75) is 19.8 Å². The molecule has 3 heteroatoms. The molecular weight excluding hydrogens is 196 g/mol. The highest BCUT2D eigenvalue weighted by molar-refractivity contribution is 6.29. The summed E-state index contributed by atoms with van der Waals surface area (Å²) in [5, 5.41) is 0.570. The average molecular weight is 211 g/mol. The Kier molecular flexibility index (Phi) is 2.28. The number of rotatable bonds is 2. The monoisotopic (exact) mass is 210 g/mol. The van der Waals surface area contributed by atoms with Crippen LogP contribution in [0.4, 0.5) is 0 Å². The van der Waals surface area contributed by atoms with Crippen LogP contribution >= 0.6 is 11.6 Å². The quantitative estimate of drug-likeness (QED) is 0.762. The van der Waals surface area contributed by atoms with Crippen molar-refractivity contribution < 1.29 is 0 Å². The van der Waals surface area contributed by atoms with E-state index in [0.717, 1.165) is 12.2 Å². The first-order valence-electron chi connectivity index (χ1n) is 4.90. The molecule has 1 fully saturated rings. The summed E-state index contributed by atoms with van der Waals surface area (Å²) >= 11 is 5.86. The van der Waals surface area contributed by atoms with E-state index in [1.807, 2.05) is 12.1 Å². The van der Waals surface area contributed by atoms with E-state index in [9.17, 15) is 0 Å². The van der Waals surface area contributed by atoms with Gasteiger partial charge in [-0.2, -0.15) is 0 Å². The molecule has 0 radical (unpaired) electrons. The first-order valence-corrected chi connectivity index (χ1v) is 5.27. The highest BCUT2D eigenvalue weighted by Gasteiger charge is 2.57. The Morgan fingerprint density at radius 2 is 2.21 bits per heavy atom. The molecule has 0 bridgehead atoms. The lowest BCUT2D eigenvalue weighted by Gasteiger charge is -2.01. The van der Waals surface area contributed by atoms with Crippen LogP contribution in [0.5, 0.6) is 0 Å². The zero-order valence-electron chi connectivity index (χ0n) is 8.50. The molecule has 1 aliphatic carbocycles. The second-order valence-corrected chi connectivity index (χ2v) is 4.91. The smallest absolute Gasteiger partial charge is 0.129 e. The van der Waals surface area contributed by atoms with Gasteiger partial charge in [-0.1, -0.05) is 31.5 Å². The fourth-order valence-electron chi connectivity index (χ4n) is 2.37. The van der Waals surface area contributed by atoms with Crippen LogP contribution in [0.1, 0.15) is 25.5 Å². The summed E-state index contributed by atoms with van der Waals surface area (Å²) in [6.07, 6.45) is 0. The molecule has 0 amide bonds. The normalized spacial score (nSPS) is 28.9. The van der Waals surface area contributed by atoms with Gasteiger partial charge in [0, 0.05) is 11.6 Å². The van der Waals surface area contributed by atoms with E-state index in [4.69, 9.17) is 17.3 Å². The van der Waals surface area contributed by atoms with Crippen molar-refractivity contribution in [2.75, 3.05) is 6.54 Å². The topological polar surface area (TPSA) is 38.9 Å². The third kappa shape index (κ3) is 1.43. The van der Waals surface area contributed by atoms with Gasteiger partial charge in [-0.15, -0.1) is 0 Å². The number of halogens is 1. The van der Waals surface area contributed by atoms with Crippen LogP contribution in [0, 0.1) is 11.3 Å². The summed E-state index contributed by atoms with van der Waals surface area (Å²) in [5.41, 5.74) is 7.08. The fourth-order valence-corrected chi connectivity index (χ4v) is 2.54. The Labute approximate surface area is 89.5 Å². The van der Waals surface area contributed by atoms with E-state index in [2.05, 4.69) is 18.8 Å². The van der Waals surface area contributed by atoms with Gasteiger partial charge in [0.1, 0.15) is 5.15 Å². The lowest BCUT2D eigenvalue weighted by atomic mass is 10.1. The molecule has 2 nitrogen and oxygen atoms in total. The summed E-state index contributed by atoms with van der Waals surface area (Å²) in [5.74, 6) is 1.03. The van der Waals surface area contributed by atoms with Crippen LogP contribution in [0.2, 0.25) is 5.15 Å². The van der Waals surface area contributed by atoms with Crippen LogP contribution in [0.25, 0.3) is 0 Å². The molecule has 0 aromatic carbocycles. The van der Waals surface area contributed by atoms with E-state index in [0.29, 0.717) is 17.0 Å². The summed E-state index contributed by atoms with van der Waals surface area (Å²) in [7, 11) is 0. The summed E-state index contributed by atoms with van der Waals surface area (Å²) < 4.78 is 0. The van der Waals surface area contributed by atoms with Gasteiger partial charge in [0.15, 0.2) is 0 Å². The zero-order chi connectivity index (χ0) is 10.3. The molecule has 0 spiro atoms. The number of pyridine rings is 1. The number of aromatic nitrogens is 1. The molecule has 1 heterocycles. The van der Waals surface area contributed by atoms with Crippen molar-refractivity contribution in [3.8, 4) is 0 Å². The molecule has 76 valence electrons. The van der Waals surface area contributed by atoms with E-state index < -0.39 is 0 Å². The summed E-state index contributed by atoms with van der Waals surface area (Å²) in [4.78, 5) is 4.34. The molecule has 0 saturated heterocycles. The number of hydrogen-bond acceptors (Lipinski definition) is 2. The van der Waals surface area contributed by atoms with E-state index in [1.54, 1.807) is 6.07 Å². The van der Waals surface area contributed by atoms with Crippen LogP contribution in [0.15, 0.2) is 18.2 Å². The van der Waals surface area contributed by atoms with Crippen molar-refractivity contribution in [2.24, 2.45) is 17.1 Å². The minimum Gasteiger partial charge on any atom is -0.330 e. The maximum Gasteiger partial charge on any atom is 0.129 e. The maximum atomic E-state index is 5.86. The fraction of sp³-hybridized carbons (Fsp3) is 0.545. The largest absolute Gasteiger partial charge is 0.330 e. The van der Waals surface area contributed by atoms with Gasteiger partial charge >= 0.3 is 0 Å². The molecule has 2 rings (SSSR count). The standard InChI is InChI=1S/C11H15ClN2/c1-11(2)7(6-13)10(11)8-4-3-5-9(12)14-8/h3-5,7,10H,6,13H2,1-2H3/t7-,10+/m0/s1. The Hall–Kier alpha value is -0.600. The van der Waals surface area contributed by atoms with Gasteiger partial charge in [0.25, 0.3) is 0 Å². The SMILES string of the molecule is CC1(C)[C@@H](CN)[C@@H]1c1cccc(Cl)n1. The predicted octanol–water partition coefficient (Wildman–Crippen LogP) is 2.43. The van der Waals surface area contributed by atoms with Crippen LogP contribution in [-0.4, -0.2) is 11.5 Å². The highest BCUT2D eigenvalue weighted by Crippen LogP contribution is 2.63. The predicted molar refractivity (Wildman–Crippen MR) is 58.3 cm³/mol. The van der Waals surface area contributed by atoms with Gasteiger partial charge in [-0.25, -0.2) is 4.98 Å². The number of hydrogen-bond donors (Lipinski definition) is 1. The van der Waals surface area contributed by atoms with Crippen molar-refractivity contribution in [1.29, 1.82) is 0 Å². The molecule has 1 saturated carbocycles. The second-order valence-electron chi connectivity index (χ2n) is 4.53. The molecule has 0 unspecified atom stereocenters. The van der Waals surface area contributed by atoms with Gasteiger partial charge in [0.2, 0.25) is 0 Å². The van der Waals surface area contributed by atoms with E-state index >= 15 is 0 Å². The Bertz CT molecular complexity index is 349. The summed E-state index contributed by atoms with van der Waals surface area (Å²) in [6, 6.07) is 5.79. The average Bonchev–Trinajstić information content (AvgIpc) is 2.68. The van der Waals surface area contributed by atoms with E-state index in [1.165, 1.54) is 0 Å². The van der Waals surface area contributed by atoms with Crippen molar-refractivity contribution in [3.05, 3.63) is 29.0 Å². The van der Waals surface area contributed by atoms with Crippen LogP contribution in [-0.2, 0) is 0 Å². The number of nitrogens with two attached hydrogens (primary N) is 1. The van der Waals surface area contributed by atoms with Gasteiger partial charge in [-0.3, -0.25) is 0 Å². The van der Waals surface area contributed by atoms with Crippen LogP contribution < -0.4 is 5.73 Å². The minimum atomic E-state index is 0.284. The lowest BCUT2D eigenvalue weighted by Crippen LogP contribution is -2.05. The lowest BCUT2D eigenvalue weighted by molar-refractivity contribution is 0.557. The summed E-state index contributed by atoms with van der Waals surface area (Å²) in [6.45, 7) is 5.20. The van der Waals surface area contributed by atoms with Gasteiger partial charge in [0.05, 0.1) is 0 Å². The first-order chi connectivity index (χ1) is 6.57. The molecule has 1 aromatic rings. The Balaban J connectivity index is 2.26. The van der Waals surface area contributed by atoms with E-state index in [-0.39, 0.29) is 5.41 Å². The van der Waals surface area contributed by atoms with Crippen molar-refractivity contribution >= 4 is 11.6 Å². The molecule has 0 aliphatic heterocycles. The maximum absolute atomic E-state index is 5.86. The Morgan fingerprint density at radius 3 is 2.71 bits per heavy atom. The van der Waals surface area contributed by atoms with Crippen molar-refractivity contribution in [1.82, 2.24) is 4.98 Å². The van der Waals surface area contributed by atoms with Crippen LogP contribution in [0.3, 0.4) is 0 Å². The number of nitrogens with zero attached hydrogens (tertiary/aromatic N) is 1. The third-order valence-corrected chi connectivity index (χ3v) is 3.57. The second kappa shape index (κ2) is 3.21. The van der Waals surface area contributed by atoms with Crippen molar-refractivity contribution in [3.63, 3.8) is 0 Å². The Morgan fingerprint density at radius 1 is 1.50 bits per heavy atom. The molecule has 2 N–H and O–H groups in total. The molecular formula is C11H15ClN2. The third-order valence-electron chi connectivity index (χ3n) is 3.36. The van der Waals surface area contributed by atoms with Gasteiger partial charge in [-0.05, 0) is 30.0 Å². The molecule has 2 atom stereocenters. The first kappa shape index (κ1) is 9.94. The molecule has 14 heavy (non-hydrogen) atoms. The zero-order valence-corrected chi connectivity index (χ0v) is 9.25. The highest BCUT2D eigenvalue weighted by atomic mass is 35.5. The molecule has 1 aliphatic rings. The molecule has 1 aromatic heterocycles.